The minimum Gasteiger partial charge on any atom is -0.600 e. The Morgan fingerprint density at radius 3 is 2.62 bits per heavy atom. The fourth-order valence-corrected chi connectivity index (χ4v) is 4.88. The molecule has 8 nitrogen and oxygen atoms in total. The van der Waals surface area contributed by atoms with E-state index in [9.17, 15) is 15.2 Å². The second-order valence-corrected chi connectivity index (χ2v) is 8.07. The van der Waals surface area contributed by atoms with Crippen molar-refractivity contribution in [2.24, 2.45) is 5.92 Å². The van der Waals surface area contributed by atoms with Gasteiger partial charge in [-0.15, -0.1) is 0 Å². The van der Waals surface area contributed by atoms with E-state index in [-0.39, 0.29) is 23.9 Å². The SMILES string of the molecule is C=CC(=O)NC1CC([NH+]([O-])O)CC(C)C1N1CCN(C2COC2)CC1C. The molecule has 0 radical (unpaired) electrons. The predicted molar refractivity (Wildman–Crippen MR) is 96.6 cm³/mol. The van der Waals surface area contributed by atoms with Gasteiger partial charge in [-0.05, 0) is 18.9 Å². The number of carbonyl (C=O) groups excluding carboxylic acids is 1. The monoisotopic (exact) mass is 368 g/mol. The van der Waals surface area contributed by atoms with E-state index in [1.54, 1.807) is 0 Å². The number of piperazine rings is 1. The van der Waals surface area contributed by atoms with Crippen LogP contribution in [0.3, 0.4) is 0 Å². The molecule has 148 valence electrons. The average Bonchev–Trinajstić information content (AvgIpc) is 2.54. The first-order valence-electron chi connectivity index (χ1n) is 9.64. The van der Waals surface area contributed by atoms with Gasteiger partial charge >= 0.3 is 0 Å². The van der Waals surface area contributed by atoms with Crippen LogP contribution in [-0.4, -0.2) is 84.0 Å². The van der Waals surface area contributed by atoms with Crippen LogP contribution in [0.4, 0.5) is 0 Å². The van der Waals surface area contributed by atoms with E-state index < -0.39 is 11.3 Å². The maximum Gasteiger partial charge on any atom is 0.243 e. The van der Waals surface area contributed by atoms with E-state index >= 15 is 0 Å². The van der Waals surface area contributed by atoms with E-state index in [0.29, 0.717) is 24.9 Å². The van der Waals surface area contributed by atoms with Crippen molar-refractivity contribution in [1.29, 1.82) is 0 Å². The third-order valence-electron chi connectivity index (χ3n) is 6.28. The topological polar surface area (TPSA) is 92.5 Å². The molecule has 8 heteroatoms. The lowest BCUT2D eigenvalue weighted by molar-refractivity contribution is -1.07. The highest BCUT2D eigenvalue weighted by molar-refractivity contribution is 5.87. The smallest absolute Gasteiger partial charge is 0.243 e. The number of ether oxygens (including phenoxy) is 1. The van der Waals surface area contributed by atoms with Gasteiger partial charge in [0.2, 0.25) is 5.91 Å². The normalized spacial score (nSPS) is 38.4. The molecule has 0 aromatic rings. The molecule has 0 aromatic carbocycles. The van der Waals surface area contributed by atoms with E-state index in [1.807, 2.05) is 0 Å². The van der Waals surface area contributed by atoms with Crippen molar-refractivity contribution < 1.29 is 20.0 Å². The van der Waals surface area contributed by atoms with Crippen LogP contribution in [0.1, 0.15) is 26.7 Å². The second-order valence-electron chi connectivity index (χ2n) is 8.07. The number of hydrogen-bond donors (Lipinski definition) is 3. The molecule has 1 amide bonds. The van der Waals surface area contributed by atoms with E-state index in [2.05, 4.69) is 35.5 Å². The summed E-state index contributed by atoms with van der Waals surface area (Å²) in [5, 5.41) is 23.3. The molecule has 1 saturated carbocycles. The summed E-state index contributed by atoms with van der Waals surface area (Å²) in [4.78, 5) is 16.9. The quantitative estimate of drug-likeness (QED) is 0.426. The number of nitrogens with one attached hydrogen (secondary N) is 2. The summed E-state index contributed by atoms with van der Waals surface area (Å²) in [6.07, 6.45) is 2.40. The van der Waals surface area contributed by atoms with Crippen LogP contribution in [0, 0.1) is 11.1 Å². The summed E-state index contributed by atoms with van der Waals surface area (Å²) >= 11 is 0. The van der Waals surface area contributed by atoms with E-state index in [0.717, 1.165) is 32.8 Å². The van der Waals surface area contributed by atoms with Crippen molar-refractivity contribution in [2.75, 3.05) is 32.8 Å². The summed E-state index contributed by atoms with van der Waals surface area (Å²) in [7, 11) is 0. The summed E-state index contributed by atoms with van der Waals surface area (Å²) in [5.74, 6) is -0.0165. The van der Waals surface area contributed by atoms with Gasteiger partial charge in [0.25, 0.3) is 0 Å². The van der Waals surface area contributed by atoms with Gasteiger partial charge in [-0.3, -0.25) is 14.6 Å². The van der Waals surface area contributed by atoms with Gasteiger partial charge < -0.3 is 15.3 Å². The predicted octanol–water partition coefficient (Wildman–Crippen LogP) is -0.999. The molecule has 26 heavy (non-hydrogen) atoms. The van der Waals surface area contributed by atoms with Crippen LogP contribution >= 0.6 is 0 Å². The maximum absolute atomic E-state index is 11.9. The van der Waals surface area contributed by atoms with Crippen LogP contribution in [0.2, 0.25) is 0 Å². The van der Waals surface area contributed by atoms with Crippen molar-refractivity contribution >= 4 is 5.91 Å². The molecule has 3 N–H and O–H groups in total. The van der Waals surface area contributed by atoms with Crippen LogP contribution in [0.15, 0.2) is 12.7 Å². The van der Waals surface area contributed by atoms with Crippen LogP contribution in [0.25, 0.3) is 0 Å². The third kappa shape index (κ3) is 4.11. The number of carbonyl (C=O) groups is 1. The Hall–Kier alpha value is -1.03. The number of amides is 1. The fourth-order valence-electron chi connectivity index (χ4n) is 4.88. The van der Waals surface area contributed by atoms with Crippen molar-refractivity contribution in [2.45, 2.75) is 56.9 Å². The molecule has 3 fully saturated rings. The van der Waals surface area contributed by atoms with Crippen molar-refractivity contribution in [3.63, 3.8) is 0 Å². The van der Waals surface area contributed by atoms with E-state index in [1.165, 1.54) is 6.08 Å². The number of hydroxylamine groups is 2. The third-order valence-corrected chi connectivity index (χ3v) is 6.28. The molecule has 3 rings (SSSR count). The summed E-state index contributed by atoms with van der Waals surface area (Å²) < 4.78 is 5.32. The Balaban J connectivity index is 1.71. The number of nitrogens with zero attached hydrogens (tertiary/aromatic N) is 2. The number of rotatable bonds is 5. The van der Waals surface area contributed by atoms with Gasteiger partial charge in [0, 0.05) is 44.6 Å². The van der Waals surface area contributed by atoms with E-state index in [4.69, 9.17) is 4.74 Å². The second kappa shape index (κ2) is 8.33. The van der Waals surface area contributed by atoms with Gasteiger partial charge in [0.1, 0.15) is 6.04 Å². The van der Waals surface area contributed by atoms with Crippen molar-refractivity contribution in [3.8, 4) is 0 Å². The largest absolute Gasteiger partial charge is 0.600 e. The van der Waals surface area contributed by atoms with Crippen molar-refractivity contribution in [3.05, 3.63) is 17.9 Å². The molecule has 2 aliphatic heterocycles. The highest BCUT2D eigenvalue weighted by Gasteiger charge is 2.45. The molecule has 0 spiro atoms. The van der Waals surface area contributed by atoms with Crippen LogP contribution < -0.4 is 10.5 Å². The lowest BCUT2D eigenvalue weighted by atomic mass is 9.77. The Labute approximate surface area is 155 Å². The summed E-state index contributed by atoms with van der Waals surface area (Å²) in [6, 6.07) is 0.494. The van der Waals surface area contributed by atoms with Crippen LogP contribution in [-0.2, 0) is 9.53 Å². The lowest BCUT2D eigenvalue weighted by Gasteiger charge is -2.53. The first-order chi connectivity index (χ1) is 12.4. The zero-order valence-electron chi connectivity index (χ0n) is 15.8. The van der Waals surface area contributed by atoms with Gasteiger partial charge in [0.15, 0.2) is 0 Å². The Kier molecular flexibility index (Phi) is 6.32. The Bertz CT molecular complexity index is 513. The fraction of sp³-hybridized carbons (Fsp3) is 0.833. The summed E-state index contributed by atoms with van der Waals surface area (Å²) in [5.41, 5.74) is 0. The molecule has 3 aliphatic rings. The number of hydrogen-bond acceptors (Lipinski definition) is 6. The molecule has 2 saturated heterocycles. The average molecular weight is 368 g/mol. The van der Waals surface area contributed by atoms with Crippen LogP contribution in [0.5, 0.6) is 0 Å². The standard InChI is InChI=1S/C18H32N4O4/c1-4-17(23)19-16-8-14(22(24)25)7-12(2)18(16)21-6-5-20(9-13(21)3)15-10-26-11-15/h4,12-16,18,22,24H,1,5-11H2,2-3H3,(H,19,23). The molecule has 6 atom stereocenters. The summed E-state index contributed by atoms with van der Waals surface area (Å²) in [6.45, 7) is 12.4. The first kappa shape index (κ1) is 19.7. The van der Waals surface area contributed by atoms with Gasteiger partial charge in [0.05, 0.1) is 25.3 Å². The first-order valence-corrected chi connectivity index (χ1v) is 9.64. The lowest BCUT2D eigenvalue weighted by Crippen LogP contribution is -3.09. The highest BCUT2D eigenvalue weighted by atomic mass is 16.8. The molecule has 0 bridgehead atoms. The Morgan fingerprint density at radius 1 is 1.35 bits per heavy atom. The highest BCUT2D eigenvalue weighted by Crippen LogP contribution is 2.31. The minimum atomic E-state index is -0.768. The Morgan fingerprint density at radius 2 is 2.08 bits per heavy atom. The van der Waals surface area contributed by atoms with Gasteiger partial charge in [-0.2, -0.15) is 0 Å². The number of quaternary nitrogens is 1. The molecular formula is C18H32N4O4. The zero-order chi connectivity index (χ0) is 18.8. The maximum atomic E-state index is 11.9. The van der Waals surface area contributed by atoms with Crippen molar-refractivity contribution in [1.82, 2.24) is 15.1 Å². The molecular weight excluding hydrogens is 336 g/mol. The zero-order valence-corrected chi connectivity index (χ0v) is 15.8. The molecule has 6 unspecified atom stereocenters. The molecule has 0 aromatic heterocycles. The minimum absolute atomic E-state index is 0.157. The molecule has 1 aliphatic carbocycles. The van der Waals surface area contributed by atoms with Gasteiger partial charge in [-0.25, -0.2) is 10.4 Å². The van der Waals surface area contributed by atoms with Gasteiger partial charge in [-0.1, -0.05) is 13.5 Å². The molecule has 2 heterocycles.